The van der Waals surface area contributed by atoms with Crippen LogP contribution in [0.15, 0.2) is 30.3 Å². The number of carbonyl (C=O) groups excluding carboxylic acids is 3. The largest absolute Gasteiger partial charge is 0.341 e. The van der Waals surface area contributed by atoms with Gasteiger partial charge in [-0.3, -0.25) is 14.5 Å². The zero-order valence-electron chi connectivity index (χ0n) is 16.2. The molecule has 0 aromatic heterocycles. The Kier molecular flexibility index (Phi) is 5.82. The SMILES string of the molecule is CCN(CCc1ccccc1)C(=O)CN1C(=O)NC2(CCCCC2C)C1=O. The minimum absolute atomic E-state index is 0.100. The van der Waals surface area contributed by atoms with Crippen molar-refractivity contribution in [3.63, 3.8) is 0 Å². The average Bonchev–Trinajstić information content (AvgIpc) is 2.90. The molecule has 1 saturated carbocycles. The maximum Gasteiger partial charge on any atom is 0.325 e. The summed E-state index contributed by atoms with van der Waals surface area (Å²) in [6.07, 6.45) is 4.34. The van der Waals surface area contributed by atoms with E-state index in [1.165, 1.54) is 0 Å². The molecule has 2 fully saturated rings. The maximum atomic E-state index is 13.0. The molecule has 1 N–H and O–H groups in total. The number of urea groups is 1. The molecule has 6 heteroatoms. The van der Waals surface area contributed by atoms with Gasteiger partial charge in [-0.2, -0.15) is 0 Å². The summed E-state index contributed by atoms with van der Waals surface area (Å²) < 4.78 is 0. The summed E-state index contributed by atoms with van der Waals surface area (Å²) in [5.41, 5.74) is 0.352. The van der Waals surface area contributed by atoms with E-state index < -0.39 is 11.6 Å². The van der Waals surface area contributed by atoms with E-state index >= 15 is 0 Å². The van der Waals surface area contributed by atoms with Crippen molar-refractivity contribution < 1.29 is 14.4 Å². The Morgan fingerprint density at radius 1 is 1.26 bits per heavy atom. The molecule has 1 spiro atoms. The summed E-state index contributed by atoms with van der Waals surface area (Å²) in [6, 6.07) is 9.55. The van der Waals surface area contributed by atoms with Gasteiger partial charge in [0.2, 0.25) is 5.91 Å². The molecular weight excluding hydrogens is 342 g/mol. The fraction of sp³-hybridized carbons (Fsp3) is 0.571. The number of imide groups is 1. The minimum Gasteiger partial charge on any atom is -0.341 e. The van der Waals surface area contributed by atoms with Gasteiger partial charge in [0, 0.05) is 13.1 Å². The number of amides is 4. The number of hydrogen-bond acceptors (Lipinski definition) is 3. The highest BCUT2D eigenvalue weighted by molar-refractivity contribution is 6.09. The highest BCUT2D eigenvalue weighted by Crippen LogP contribution is 2.38. The van der Waals surface area contributed by atoms with Gasteiger partial charge in [0.15, 0.2) is 0 Å². The molecule has 3 rings (SSSR count). The predicted octanol–water partition coefficient (Wildman–Crippen LogP) is 2.58. The molecule has 0 bridgehead atoms. The first-order chi connectivity index (χ1) is 13.0. The quantitative estimate of drug-likeness (QED) is 0.782. The van der Waals surface area contributed by atoms with E-state index in [9.17, 15) is 14.4 Å². The Morgan fingerprint density at radius 2 is 2.00 bits per heavy atom. The summed E-state index contributed by atoms with van der Waals surface area (Å²) in [5, 5.41) is 2.91. The number of carbonyl (C=O) groups is 3. The van der Waals surface area contributed by atoms with Crippen LogP contribution >= 0.6 is 0 Å². The van der Waals surface area contributed by atoms with Gasteiger partial charge >= 0.3 is 6.03 Å². The van der Waals surface area contributed by atoms with E-state index in [4.69, 9.17) is 0 Å². The molecule has 146 valence electrons. The lowest BCUT2D eigenvalue weighted by molar-refractivity contribution is -0.140. The van der Waals surface area contributed by atoms with E-state index in [0.29, 0.717) is 19.5 Å². The van der Waals surface area contributed by atoms with Crippen LogP contribution < -0.4 is 5.32 Å². The molecule has 27 heavy (non-hydrogen) atoms. The lowest BCUT2D eigenvalue weighted by Crippen LogP contribution is -2.54. The van der Waals surface area contributed by atoms with Crippen LogP contribution in [-0.4, -0.2) is 52.8 Å². The molecule has 1 heterocycles. The minimum atomic E-state index is -0.809. The number of nitrogens with one attached hydrogen (secondary N) is 1. The highest BCUT2D eigenvalue weighted by atomic mass is 16.2. The molecule has 2 atom stereocenters. The third-order valence-corrected chi connectivity index (χ3v) is 6.04. The van der Waals surface area contributed by atoms with Crippen LogP contribution in [0.4, 0.5) is 4.79 Å². The summed E-state index contributed by atoms with van der Waals surface area (Å²) in [5.74, 6) is -0.312. The van der Waals surface area contributed by atoms with Crippen LogP contribution in [0.3, 0.4) is 0 Å². The number of hydrogen-bond donors (Lipinski definition) is 1. The van der Waals surface area contributed by atoms with E-state index in [1.807, 2.05) is 44.2 Å². The van der Waals surface area contributed by atoms with Crippen molar-refractivity contribution in [2.75, 3.05) is 19.6 Å². The van der Waals surface area contributed by atoms with Gasteiger partial charge in [-0.05, 0) is 37.7 Å². The molecule has 2 aliphatic rings. The van der Waals surface area contributed by atoms with Crippen molar-refractivity contribution >= 4 is 17.8 Å². The molecule has 4 amide bonds. The standard InChI is InChI=1S/C21H29N3O3/c1-3-23(14-12-17-10-5-4-6-11-17)18(25)15-24-19(26)21(22-20(24)27)13-8-7-9-16(21)2/h4-6,10-11,16H,3,7-9,12-15H2,1-2H3,(H,22,27). The second kappa shape index (κ2) is 8.11. The van der Waals surface area contributed by atoms with E-state index in [2.05, 4.69) is 5.32 Å². The molecule has 1 aliphatic carbocycles. The van der Waals surface area contributed by atoms with E-state index in [-0.39, 0.29) is 24.3 Å². The fourth-order valence-corrected chi connectivity index (χ4v) is 4.24. The van der Waals surface area contributed by atoms with Crippen LogP contribution in [-0.2, 0) is 16.0 Å². The Bertz CT molecular complexity index is 706. The number of rotatable bonds is 6. The summed E-state index contributed by atoms with van der Waals surface area (Å²) in [6.45, 7) is 4.88. The zero-order chi connectivity index (χ0) is 19.4. The molecule has 2 unspecified atom stereocenters. The number of likely N-dealkylation sites (N-methyl/N-ethyl adjacent to an activating group) is 1. The lowest BCUT2D eigenvalue weighted by atomic mass is 9.73. The molecule has 1 aromatic carbocycles. The van der Waals surface area contributed by atoms with Crippen LogP contribution in [0.25, 0.3) is 0 Å². The van der Waals surface area contributed by atoms with Gasteiger partial charge in [-0.25, -0.2) is 4.79 Å². The molecule has 1 saturated heterocycles. The summed E-state index contributed by atoms with van der Waals surface area (Å²) >= 11 is 0. The lowest BCUT2D eigenvalue weighted by Gasteiger charge is -2.36. The monoisotopic (exact) mass is 371 g/mol. The van der Waals surface area contributed by atoms with Crippen LogP contribution in [0, 0.1) is 5.92 Å². The van der Waals surface area contributed by atoms with Crippen molar-refractivity contribution in [1.82, 2.24) is 15.1 Å². The van der Waals surface area contributed by atoms with Crippen LogP contribution in [0.1, 0.15) is 45.1 Å². The van der Waals surface area contributed by atoms with Gasteiger partial charge in [-0.1, -0.05) is 50.1 Å². The second-order valence-electron chi connectivity index (χ2n) is 7.65. The first kappa shape index (κ1) is 19.4. The van der Waals surface area contributed by atoms with E-state index in [1.54, 1.807) is 4.90 Å². The Morgan fingerprint density at radius 3 is 2.67 bits per heavy atom. The molecule has 0 radical (unpaired) electrons. The van der Waals surface area contributed by atoms with Crippen molar-refractivity contribution in [3.05, 3.63) is 35.9 Å². The molecule has 1 aliphatic heterocycles. The fourth-order valence-electron chi connectivity index (χ4n) is 4.24. The Hall–Kier alpha value is -2.37. The van der Waals surface area contributed by atoms with Crippen molar-refractivity contribution in [3.8, 4) is 0 Å². The van der Waals surface area contributed by atoms with Crippen LogP contribution in [0.5, 0.6) is 0 Å². The van der Waals surface area contributed by atoms with Crippen molar-refractivity contribution in [2.45, 2.75) is 51.5 Å². The summed E-state index contributed by atoms with van der Waals surface area (Å²) in [7, 11) is 0. The third kappa shape index (κ3) is 3.84. The first-order valence-corrected chi connectivity index (χ1v) is 9.93. The highest BCUT2D eigenvalue weighted by Gasteiger charge is 2.55. The van der Waals surface area contributed by atoms with Gasteiger partial charge < -0.3 is 10.2 Å². The Labute approximate surface area is 160 Å². The predicted molar refractivity (Wildman–Crippen MR) is 103 cm³/mol. The Balaban J connectivity index is 1.63. The van der Waals surface area contributed by atoms with Gasteiger partial charge in [0.25, 0.3) is 5.91 Å². The number of nitrogens with zero attached hydrogens (tertiary/aromatic N) is 2. The third-order valence-electron chi connectivity index (χ3n) is 6.04. The molecular formula is C21H29N3O3. The molecule has 1 aromatic rings. The maximum absolute atomic E-state index is 13.0. The van der Waals surface area contributed by atoms with Crippen molar-refractivity contribution in [2.24, 2.45) is 5.92 Å². The number of benzene rings is 1. The van der Waals surface area contributed by atoms with Crippen molar-refractivity contribution in [1.29, 1.82) is 0 Å². The smallest absolute Gasteiger partial charge is 0.325 e. The normalized spacial score (nSPS) is 25.0. The van der Waals surface area contributed by atoms with Crippen LogP contribution in [0.2, 0.25) is 0 Å². The van der Waals surface area contributed by atoms with Gasteiger partial charge in [-0.15, -0.1) is 0 Å². The first-order valence-electron chi connectivity index (χ1n) is 9.93. The zero-order valence-corrected chi connectivity index (χ0v) is 16.2. The average molecular weight is 371 g/mol. The summed E-state index contributed by atoms with van der Waals surface area (Å²) in [4.78, 5) is 41.0. The van der Waals surface area contributed by atoms with Gasteiger partial charge in [0.1, 0.15) is 12.1 Å². The second-order valence-corrected chi connectivity index (χ2v) is 7.65. The molecule has 6 nitrogen and oxygen atoms in total. The van der Waals surface area contributed by atoms with E-state index in [0.717, 1.165) is 36.1 Å². The topological polar surface area (TPSA) is 69.7 Å². The van der Waals surface area contributed by atoms with Gasteiger partial charge in [0.05, 0.1) is 0 Å².